The minimum absolute atomic E-state index is 0.142. The van der Waals surface area contributed by atoms with E-state index in [-0.39, 0.29) is 16.3 Å². The summed E-state index contributed by atoms with van der Waals surface area (Å²) in [5.41, 5.74) is 1.27. The Kier molecular flexibility index (Phi) is 8.33. The Morgan fingerprint density at radius 2 is 1.82 bits per heavy atom. The summed E-state index contributed by atoms with van der Waals surface area (Å²) >= 11 is 0. The normalized spacial score (nSPS) is 18.1. The first-order chi connectivity index (χ1) is 18.8. The molecule has 4 heterocycles. The SMILES string of the molecule is CCCn1nc(CN2CCOCC2)c2c(=O)[nH]c(-c3cc(S(=O)(=O)N4CCN(C)CC4)ccc3OCC)nc21. The summed E-state index contributed by atoms with van der Waals surface area (Å²) < 4.78 is 41.6. The van der Waals surface area contributed by atoms with Crippen molar-refractivity contribution in [3.63, 3.8) is 0 Å². The van der Waals surface area contributed by atoms with Gasteiger partial charge in [0.25, 0.3) is 5.56 Å². The maximum atomic E-state index is 13.5. The van der Waals surface area contributed by atoms with E-state index in [0.29, 0.717) is 87.1 Å². The standard InChI is InChI=1S/C26H37N7O5S/c1-4-8-33-25-23(21(29-33)18-31-13-15-37-16-14-31)26(34)28-24(27-25)20-17-19(6-7-22(20)38-5-2)39(35,36)32-11-9-30(3)10-12-32/h6-7,17H,4-5,8-16,18H2,1-3H3,(H,27,28,34). The van der Waals surface area contributed by atoms with Crippen molar-refractivity contribution in [3.05, 3.63) is 34.2 Å². The molecular weight excluding hydrogens is 522 g/mol. The molecule has 1 N–H and O–H groups in total. The predicted molar refractivity (Wildman–Crippen MR) is 147 cm³/mol. The summed E-state index contributed by atoms with van der Waals surface area (Å²) in [6, 6.07) is 4.75. The second-order valence-corrected chi connectivity index (χ2v) is 11.9. The molecule has 2 saturated heterocycles. The zero-order valence-corrected chi connectivity index (χ0v) is 23.7. The molecule has 2 aliphatic heterocycles. The summed E-state index contributed by atoms with van der Waals surface area (Å²) in [7, 11) is -1.75. The zero-order valence-electron chi connectivity index (χ0n) is 22.9. The van der Waals surface area contributed by atoms with Crippen LogP contribution in [0.5, 0.6) is 5.75 Å². The van der Waals surface area contributed by atoms with Crippen molar-refractivity contribution in [3.8, 4) is 17.1 Å². The molecule has 3 aromatic rings. The van der Waals surface area contributed by atoms with Crippen LogP contribution in [0.3, 0.4) is 0 Å². The molecule has 5 rings (SSSR count). The maximum Gasteiger partial charge on any atom is 0.262 e. The molecule has 0 amide bonds. The van der Waals surface area contributed by atoms with Gasteiger partial charge in [-0.25, -0.2) is 18.1 Å². The number of morpholine rings is 1. The van der Waals surface area contributed by atoms with E-state index in [1.807, 2.05) is 20.9 Å². The molecule has 0 radical (unpaired) electrons. The van der Waals surface area contributed by atoms with Gasteiger partial charge in [-0.3, -0.25) is 9.69 Å². The first kappa shape index (κ1) is 27.7. The Labute approximate surface area is 228 Å². The highest BCUT2D eigenvalue weighted by atomic mass is 32.2. The van der Waals surface area contributed by atoms with Crippen LogP contribution in [-0.2, 0) is 27.8 Å². The average Bonchev–Trinajstić information content (AvgIpc) is 3.27. The number of hydrogen-bond donors (Lipinski definition) is 1. The van der Waals surface area contributed by atoms with Crippen LogP contribution in [0.25, 0.3) is 22.4 Å². The molecule has 2 aliphatic rings. The van der Waals surface area contributed by atoms with E-state index in [0.717, 1.165) is 19.5 Å². The fourth-order valence-corrected chi connectivity index (χ4v) is 6.49. The molecule has 2 aromatic heterocycles. The highest BCUT2D eigenvalue weighted by Crippen LogP contribution is 2.32. The lowest BCUT2D eigenvalue weighted by Crippen LogP contribution is -2.47. The number of nitrogens with zero attached hydrogens (tertiary/aromatic N) is 6. The summed E-state index contributed by atoms with van der Waals surface area (Å²) in [5, 5.41) is 5.22. The summed E-state index contributed by atoms with van der Waals surface area (Å²) in [6.45, 7) is 10.4. The van der Waals surface area contributed by atoms with Crippen molar-refractivity contribution < 1.29 is 17.9 Å². The Balaban J connectivity index is 1.59. The van der Waals surface area contributed by atoms with Gasteiger partial charge in [0, 0.05) is 52.4 Å². The molecule has 0 unspecified atom stereocenters. The second kappa shape index (κ2) is 11.7. The lowest BCUT2D eigenvalue weighted by molar-refractivity contribution is 0.0337. The highest BCUT2D eigenvalue weighted by molar-refractivity contribution is 7.89. The molecule has 0 atom stereocenters. The third-order valence-electron chi connectivity index (χ3n) is 7.19. The van der Waals surface area contributed by atoms with Gasteiger partial charge < -0.3 is 19.4 Å². The van der Waals surface area contributed by atoms with E-state index in [9.17, 15) is 13.2 Å². The number of aryl methyl sites for hydroxylation is 1. The van der Waals surface area contributed by atoms with Gasteiger partial charge in [-0.2, -0.15) is 9.40 Å². The largest absolute Gasteiger partial charge is 0.493 e. The van der Waals surface area contributed by atoms with Crippen LogP contribution in [0, 0.1) is 0 Å². The fourth-order valence-electron chi connectivity index (χ4n) is 5.04. The second-order valence-electron chi connectivity index (χ2n) is 9.97. The Bertz CT molecular complexity index is 1470. The minimum Gasteiger partial charge on any atom is -0.493 e. The number of hydrogen-bond acceptors (Lipinski definition) is 9. The Morgan fingerprint density at radius 3 is 2.51 bits per heavy atom. The van der Waals surface area contributed by atoms with Crippen LogP contribution in [-0.4, -0.2) is 108 Å². The summed E-state index contributed by atoms with van der Waals surface area (Å²) in [5.74, 6) is 0.703. The van der Waals surface area contributed by atoms with E-state index >= 15 is 0 Å². The van der Waals surface area contributed by atoms with Gasteiger partial charge in [0.15, 0.2) is 5.65 Å². The van der Waals surface area contributed by atoms with Crippen molar-refractivity contribution in [2.24, 2.45) is 0 Å². The minimum atomic E-state index is -3.73. The monoisotopic (exact) mass is 559 g/mol. The molecule has 0 spiro atoms. The van der Waals surface area contributed by atoms with E-state index in [2.05, 4.69) is 14.8 Å². The number of aromatic nitrogens is 4. The number of piperazine rings is 1. The third-order valence-corrected chi connectivity index (χ3v) is 9.09. The predicted octanol–water partition coefficient (Wildman–Crippen LogP) is 1.36. The number of nitrogens with one attached hydrogen (secondary N) is 1. The number of H-pyrrole nitrogens is 1. The van der Waals surface area contributed by atoms with Crippen molar-refractivity contribution >= 4 is 21.1 Å². The van der Waals surface area contributed by atoms with Crippen molar-refractivity contribution in [1.29, 1.82) is 0 Å². The molecule has 0 bridgehead atoms. The molecule has 13 heteroatoms. The number of aromatic amines is 1. The average molecular weight is 560 g/mol. The number of ether oxygens (including phenoxy) is 2. The zero-order chi connectivity index (χ0) is 27.6. The maximum absolute atomic E-state index is 13.5. The van der Waals surface area contributed by atoms with E-state index in [1.54, 1.807) is 22.9 Å². The van der Waals surface area contributed by atoms with Gasteiger partial charge in [-0.1, -0.05) is 6.92 Å². The third kappa shape index (κ3) is 5.73. The topological polar surface area (TPSA) is 126 Å². The molecule has 12 nitrogen and oxygen atoms in total. The molecule has 39 heavy (non-hydrogen) atoms. The van der Waals surface area contributed by atoms with Crippen LogP contribution in [0.1, 0.15) is 26.0 Å². The van der Waals surface area contributed by atoms with E-state index < -0.39 is 10.0 Å². The number of fused-ring (bicyclic) bond motifs is 1. The molecular formula is C26H37N7O5S. The van der Waals surface area contributed by atoms with Crippen molar-refractivity contribution in [2.75, 3.05) is 66.1 Å². The number of rotatable bonds is 9. The number of sulfonamides is 1. The molecule has 1 aromatic carbocycles. The quantitative estimate of drug-likeness (QED) is 0.414. The summed E-state index contributed by atoms with van der Waals surface area (Å²) in [6.07, 6.45) is 0.820. The van der Waals surface area contributed by atoms with Crippen molar-refractivity contribution in [2.45, 2.75) is 38.3 Å². The molecule has 2 fully saturated rings. The van der Waals surface area contributed by atoms with Gasteiger partial charge in [-0.05, 0) is 38.6 Å². The summed E-state index contributed by atoms with van der Waals surface area (Å²) in [4.78, 5) is 25.7. The lowest BCUT2D eigenvalue weighted by atomic mass is 10.1. The number of benzene rings is 1. The van der Waals surface area contributed by atoms with Gasteiger partial charge in [0.05, 0.1) is 36.0 Å². The number of likely N-dealkylation sites (N-methyl/N-ethyl adjacent to an activating group) is 1. The molecule has 212 valence electrons. The first-order valence-electron chi connectivity index (χ1n) is 13.6. The van der Waals surface area contributed by atoms with Gasteiger partial charge in [0.2, 0.25) is 10.0 Å². The molecule has 0 saturated carbocycles. The Hall–Kier alpha value is -2.84. The Morgan fingerprint density at radius 1 is 1.08 bits per heavy atom. The van der Waals surface area contributed by atoms with Gasteiger partial charge >= 0.3 is 0 Å². The van der Waals surface area contributed by atoms with Crippen LogP contribution in [0.2, 0.25) is 0 Å². The van der Waals surface area contributed by atoms with E-state index in [4.69, 9.17) is 19.6 Å². The van der Waals surface area contributed by atoms with Crippen LogP contribution in [0.4, 0.5) is 0 Å². The molecule has 0 aliphatic carbocycles. The van der Waals surface area contributed by atoms with Gasteiger partial charge in [0.1, 0.15) is 17.0 Å². The highest BCUT2D eigenvalue weighted by Gasteiger charge is 2.29. The van der Waals surface area contributed by atoms with E-state index in [1.165, 1.54) is 4.31 Å². The lowest BCUT2D eigenvalue weighted by Gasteiger charge is -2.31. The van der Waals surface area contributed by atoms with Crippen LogP contribution >= 0.6 is 0 Å². The fraction of sp³-hybridized carbons (Fsp3) is 0.577. The van der Waals surface area contributed by atoms with Crippen molar-refractivity contribution in [1.82, 2.24) is 33.9 Å². The smallest absolute Gasteiger partial charge is 0.262 e. The van der Waals surface area contributed by atoms with Crippen LogP contribution < -0.4 is 10.3 Å². The first-order valence-corrected chi connectivity index (χ1v) is 15.0. The van der Waals surface area contributed by atoms with Crippen LogP contribution in [0.15, 0.2) is 27.9 Å². The van der Waals surface area contributed by atoms with Gasteiger partial charge in [-0.15, -0.1) is 0 Å².